The minimum Gasteiger partial charge on any atom is -0.266 e. The van der Waals surface area contributed by atoms with Crippen molar-refractivity contribution in [3.8, 4) is 0 Å². The summed E-state index contributed by atoms with van der Waals surface area (Å²) in [5.74, 6) is 0. The summed E-state index contributed by atoms with van der Waals surface area (Å²) in [6, 6.07) is 1.44. The highest BCUT2D eigenvalue weighted by atomic mass is 35.5. The molecule has 0 amide bonds. The number of halogens is 1. The van der Waals surface area contributed by atoms with Gasteiger partial charge in [-0.15, -0.1) is 11.3 Å². The van der Waals surface area contributed by atoms with E-state index in [0.717, 1.165) is 0 Å². The first-order valence-electron chi connectivity index (χ1n) is 3.70. The minimum absolute atomic E-state index is 0.0626. The van der Waals surface area contributed by atoms with Gasteiger partial charge in [0.05, 0.1) is 6.61 Å². The van der Waals surface area contributed by atoms with Crippen molar-refractivity contribution in [1.82, 2.24) is 0 Å². The predicted octanol–water partition coefficient (Wildman–Crippen LogP) is 2.52. The fraction of sp³-hybridized carbons (Fsp3) is 0.429. The van der Waals surface area contributed by atoms with E-state index >= 15 is 0 Å². The van der Waals surface area contributed by atoms with Gasteiger partial charge < -0.3 is 0 Å². The van der Waals surface area contributed by atoms with Crippen molar-refractivity contribution in [2.24, 2.45) is 0 Å². The normalized spacial score (nSPS) is 11.8. The SMILES string of the molecule is CCCOS(=O)(=O)c1ccsc1Cl. The summed E-state index contributed by atoms with van der Waals surface area (Å²) in [5.41, 5.74) is 0. The number of hydrogen-bond donors (Lipinski definition) is 0. The molecule has 13 heavy (non-hydrogen) atoms. The molecule has 1 rings (SSSR count). The minimum atomic E-state index is -3.63. The maximum atomic E-state index is 11.4. The molecule has 0 fully saturated rings. The third-order valence-electron chi connectivity index (χ3n) is 1.30. The highest BCUT2D eigenvalue weighted by Gasteiger charge is 2.19. The van der Waals surface area contributed by atoms with Crippen LogP contribution in [0.15, 0.2) is 16.3 Å². The smallest absolute Gasteiger partial charge is 0.266 e. The molecule has 0 N–H and O–H groups in total. The van der Waals surface area contributed by atoms with Crippen molar-refractivity contribution in [1.29, 1.82) is 0 Å². The summed E-state index contributed by atoms with van der Waals surface area (Å²) < 4.78 is 27.7. The van der Waals surface area contributed by atoms with Gasteiger partial charge in [-0.25, -0.2) is 0 Å². The van der Waals surface area contributed by atoms with E-state index in [2.05, 4.69) is 0 Å². The topological polar surface area (TPSA) is 43.4 Å². The summed E-state index contributed by atoms with van der Waals surface area (Å²) in [7, 11) is -3.63. The monoisotopic (exact) mass is 240 g/mol. The number of hydrogen-bond acceptors (Lipinski definition) is 4. The Balaban J connectivity index is 2.88. The third kappa shape index (κ3) is 2.67. The van der Waals surface area contributed by atoms with E-state index in [0.29, 0.717) is 6.42 Å². The van der Waals surface area contributed by atoms with Crippen molar-refractivity contribution < 1.29 is 12.6 Å². The van der Waals surface area contributed by atoms with E-state index in [1.54, 1.807) is 5.38 Å². The van der Waals surface area contributed by atoms with Gasteiger partial charge in [0.15, 0.2) is 0 Å². The highest BCUT2D eigenvalue weighted by molar-refractivity contribution is 7.87. The Labute approximate surface area is 86.4 Å². The Hall–Kier alpha value is -0.100. The van der Waals surface area contributed by atoms with Crippen molar-refractivity contribution >= 4 is 33.1 Å². The zero-order valence-electron chi connectivity index (χ0n) is 6.99. The maximum absolute atomic E-state index is 11.4. The van der Waals surface area contributed by atoms with Crippen LogP contribution in [-0.2, 0) is 14.3 Å². The van der Waals surface area contributed by atoms with E-state index in [-0.39, 0.29) is 15.8 Å². The largest absolute Gasteiger partial charge is 0.299 e. The Morgan fingerprint density at radius 3 is 2.77 bits per heavy atom. The number of rotatable bonds is 4. The average molecular weight is 241 g/mol. The first kappa shape index (κ1) is 11.0. The molecule has 0 saturated heterocycles. The van der Waals surface area contributed by atoms with Crippen LogP contribution in [-0.4, -0.2) is 15.0 Å². The molecule has 1 heterocycles. The fourth-order valence-electron chi connectivity index (χ4n) is 0.717. The summed E-state index contributed by atoms with van der Waals surface area (Å²) >= 11 is 6.83. The molecule has 0 saturated carbocycles. The molecule has 1 aromatic heterocycles. The zero-order chi connectivity index (χ0) is 9.90. The molecular weight excluding hydrogens is 232 g/mol. The predicted molar refractivity (Wildman–Crippen MR) is 52.8 cm³/mol. The second-order valence-electron chi connectivity index (χ2n) is 2.33. The van der Waals surface area contributed by atoms with Crippen LogP contribution in [0.25, 0.3) is 0 Å². The first-order chi connectivity index (χ1) is 6.08. The second-order valence-corrected chi connectivity index (χ2v) is 5.44. The molecule has 0 aromatic carbocycles. The van der Waals surface area contributed by atoms with Crippen LogP contribution in [0, 0.1) is 0 Å². The Morgan fingerprint density at radius 2 is 2.31 bits per heavy atom. The zero-order valence-corrected chi connectivity index (χ0v) is 9.38. The van der Waals surface area contributed by atoms with Gasteiger partial charge in [0.25, 0.3) is 10.1 Å². The van der Waals surface area contributed by atoms with Gasteiger partial charge >= 0.3 is 0 Å². The lowest BCUT2D eigenvalue weighted by Gasteiger charge is -2.01. The summed E-state index contributed by atoms with van der Waals surface area (Å²) in [6.45, 7) is 2.03. The molecule has 1 aromatic rings. The third-order valence-corrected chi connectivity index (χ3v) is 4.06. The van der Waals surface area contributed by atoms with E-state index in [1.165, 1.54) is 17.4 Å². The van der Waals surface area contributed by atoms with Crippen molar-refractivity contribution in [3.63, 3.8) is 0 Å². The van der Waals surface area contributed by atoms with Crippen molar-refractivity contribution in [2.45, 2.75) is 18.2 Å². The van der Waals surface area contributed by atoms with Crippen LogP contribution in [0.2, 0.25) is 4.34 Å². The molecule has 0 atom stereocenters. The molecule has 3 nitrogen and oxygen atoms in total. The van der Waals surface area contributed by atoms with E-state index in [1.807, 2.05) is 6.92 Å². The summed E-state index contributed by atoms with van der Waals surface area (Å²) in [4.78, 5) is 0.0626. The molecule has 0 radical (unpaired) electrons. The summed E-state index contributed by atoms with van der Waals surface area (Å²) in [5, 5.41) is 1.62. The van der Waals surface area contributed by atoms with Crippen LogP contribution in [0.3, 0.4) is 0 Å². The Kier molecular flexibility index (Phi) is 3.73. The van der Waals surface area contributed by atoms with Gasteiger partial charge in [-0.05, 0) is 17.9 Å². The van der Waals surface area contributed by atoms with Crippen LogP contribution < -0.4 is 0 Å². The fourth-order valence-corrected chi connectivity index (χ4v) is 3.21. The van der Waals surface area contributed by atoms with Gasteiger partial charge in [-0.3, -0.25) is 4.18 Å². The van der Waals surface area contributed by atoms with E-state index < -0.39 is 10.1 Å². The van der Waals surface area contributed by atoms with Crippen molar-refractivity contribution in [3.05, 3.63) is 15.8 Å². The lowest BCUT2D eigenvalue weighted by molar-refractivity contribution is 0.318. The molecular formula is C7H9ClO3S2. The van der Waals surface area contributed by atoms with Gasteiger partial charge in [0.2, 0.25) is 0 Å². The Bertz CT molecular complexity index is 369. The quantitative estimate of drug-likeness (QED) is 0.760. The lowest BCUT2D eigenvalue weighted by atomic mass is 10.5. The lowest BCUT2D eigenvalue weighted by Crippen LogP contribution is -2.06. The second kappa shape index (κ2) is 4.41. The average Bonchev–Trinajstić information content (AvgIpc) is 2.48. The van der Waals surface area contributed by atoms with Crippen molar-refractivity contribution in [2.75, 3.05) is 6.61 Å². The van der Waals surface area contributed by atoms with E-state index in [9.17, 15) is 8.42 Å². The van der Waals surface area contributed by atoms with Crippen LogP contribution >= 0.6 is 22.9 Å². The first-order valence-corrected chi connectivity index (χ1v) is 6.37. The molecule has 0 unspecified atom stereocenters. The van der Waals surface area contributed by atoms with Crippen LogP contribution in [0.1, 0.15) is 13.3 Å². The Morgan fingerprint density at radius 1 is 1.62 bits per heavy atom. The number of thiophene rings is 1. The molecule has 0 aliphatic heterocycles. The molecule has 6 heteroatoms. The standard InChI is InChI=1S/C7H9ClO3S2/c1-2-4-11-13(9,10)6-3-5-12-7(6)8/h3,5H,2,4H2,1H3. The molecule has 0 spiro atoms. The summed E-state index contributed by atoms with van der Waals surface area (Å²) in [6.07, 6.45) is 0.654. The van der Waals surface area contributed by atoms with Crippen LogP contribution in [0.4, 0.5) is 0 Å². The van der Waals surface area contributed by atoms with E-state index in [4.69, 9.17) is 15.8 Å². The molecule has 0 aliphatic carbocycles. The molecule has 74 valence electrons. The van der Waals surface area contributed by atoms with Gasteiger partial charge in [-0.1, -0.05) is 18.5 Å². The molecule has 0 bridgehead atoms. The molecule has 0 aliphatic rings. The van der Waals surface area contributed by atoms with Gasteiger partial charge in [0, 0.05) is 0 Å². The highest BCUT2D eigenvalue weighted by Crippen LogP contribution is 2.28. The van der Waals surface area contributed by atoms with Crippen LogP contribution in [0.5, 0.6) is 0 Å². The van der Waals surface area contributed by atoms with Gasteiger partial charge in [-0.2, -0.15) is 8.42 Å². The van der Waals surface area contributed by atoms with Gasteiger partial charge in [0.1, 0.15) is 9.23 Å². The maximum Gasteiger partial charge on any atom is 0.299 e.